The molecule has 0 unspecified atom stereocenters. The first kappa shape index (κ1) is 6.29. The third kappa shape index (κ3) is 0.954. The van der Waals surface area contributed by atoms with Crippen LogP contribution < -0.4 is 0 Å². The third-order valence-corrected chi connectivity index (χ3v) is 1.40. The minimum absolute atomic E-state index is 0.0719. The lowest BCUT2D eigenvalue weighted by Gasteiger charge is -1.89. The van der Waals surface area contributed by atoms with Crippen LogP contribution in [0.5, 0.6) is 0 Å². The fourth-order valence-electron chi connectivity index (χ4n) is 0.678. The molecule has 1 N–H and O–H groups in total. The summed E-state index contributed by atoms with van der Waals surface area (Å²) in [6.07, 6.45) is 0. The molecular weight excluding hydrogens is 120 g/mol. The molecule has 1 rings (SSSR count). The molecule has 0 saturated carbocycles. The normalized spacial score (nSPS) is 18.7. The molecule has 9 heavy (non-hydrogen) atoms. The zero-order valence-corrected chi connectivity index (χ0v) is 5.18. The molecule has 0 spiro atoms. The highest BCUT2D eigenvalue weighted by Gasteiger charge is 2.18. The average molecular weight is 128 g/mol. The van der Waals surface area contributed by atoms with Gasteiger partial charge in [-0.3, -0.25) is 0 Å². The van der Waals surface area contributed by atoms with Gasteiger partial charge in [-0.05, 0) is 6.92 Å². The number of aliphatic hydroxyl groups excluding tert-OH is 1. The molecule has 0 aliphatic carbocycles. The van der Waals surface area contributed by atoms with Crippen LogP contribution in [0, 0.1) is 0 Å². The fraction of sp³-hybridized carbons (Fsp3) is 0.500. The van der Waals surface area contributed by atoms with Crippen LogP contribution in [0.3, 0.4) is 0 Å². The van der Waals surface area contributed by atoms with Crippen molar-refractivity contribution in [2.75, 3.05) is 13.2 Å². The quantitative estimate of drug-likeness (QED) is 0.499. The molecule has 1 aliphatic rings. The SMILES string of the molecule is CC1=C(CO)COC1=O. The predicted molar refractivity (Wildman–Crippen MR) is 30.7 cm³/mol. The van der Waals surface area contributed by atoms with Crippen molar-refractivity contribution < 1.29 is 14.6 Å². The van der Waals surface area contributed by atoms with Gasteiger partial charge in [-0.1, -0.05) is 0 Å². The van der Waals surface area contributed by atoms with E-state index in [1.165, 1.54) is 0 Å². The van der Waals surface area contributed by atoms with Gasteiger partial charge >= 0.3 is 5.97 Å². The zero-order valence-electron chi connectivity index (χ0n) is 5.18. The first-order valence-electron chi connectivity index (χ1n) is 2.72. The lowest BCUT2D eigenvalue weighted by molar-refractivity contribution is -0.135. The highest BCUT2D eigenvalue weighted by atomic mass is 16.5. The van der Waals surface area contributed by atoms with Crippen LogP contribution in [-0.2, 0) is 9.53 Å². The molecule has 0 aromatic carbocycles. The molecule has 0 amide bonds. The third-order valence-electron chi connectivity index (χ3n) is 1.40. The van der Waals surface area contributed by atoms with Crippen LogP contribution in [0.25, 0.3) is 0 Å². The van der Waals surface area contributed by atoms with E-state index < -0.39 is 0 Å². The van der Waals surface area contributed by atoms with E-state index in [9.17, 15) is 4.79 Å². The molecule has 0 aromatic heterocycles. The van der Waals surface area contributed by atoms with E-state index in [4.69, 9.17) is 5.11 Å². The van der Waals surface area contributed by atoms with E-state index in [0.717, 1.165) is 0 Å². The molecule has 1 aliphatic heterocycles. The number of esters is 1. The maximum Gasteiger partial charge on any atom is 0.334 e. The Morgan fingerprint density at radius 2 is 2.44 bits per heavy atom. The van der Waals surface area contributed by atoms with Crippen molar-refractivity contribution in [3.63, 3.8) is 0 Å². The fourth-order valence-corrected chi connectivity index (χ4v) is 0.678. The second-order valence-electron chi connectivity index (χ2n) is 1.96. The summed E-state index contributed by atoms with van der Waals surface area (Å²) in [6, 6.07) is 0. The smallest absolute Gasteiger partial charge is 0.334 e. The van der Waals surface area contributed by atoms with Gasteiger partial charge in [0.1, 0.15) is 6.61 Å². The maximum atomic E-state index is 10.6. The summed E-state index contributed by atoms with van der Waals surface area (Å²) in [5, 5.41) is 8.56. The van der Waals surface area contributed by atoms with Crippen LogP contribution >= 0.6 is 0 Å². The summed E-state index contributed by atoms with van der Waals surface area (Å²) in [5.41, 5.74) is 1.25. The van der Waals surface area contributed by atoms with Crippen molar-refractivity contribution in [3.8, 4) is 0 Å². The summed E-state index contributed by atoms with van der Waals surface area (Å²) >= 11 is 0. The van der Waals surface area contributed by atoms with Crippen LogP contribution in [0.1, 0.15) is 6.92 Å². The summed E-state index contributed by atoms with van der Waals surface area (Å²) < 4.78 is 4.60. The first-order chi connectivity index (χ1) is 4.25. The van der Waals surface area contributed by atoms with Crippen LogP contribution in [-0.4, -0.2) is 24.3 Å². The molecule has 0 bridgehead atoms. The van der Waals surface area contributed by atoms with E-state index >= 15 is 0 Å². The van der Waals surface area contributed by atoms with Crippen molar-refractivity contribution in [2.24, 2.45) is 0 Å². The van der Waals surface area contributed by atoms with E-state index in [2.05, 4.69) is 4.74 Å². The Hall–Kier alpha value is -0.830. The Kier molecular flexibility index (Phi) is 1.53. The molecule has 0 aromatic rings. The summed E-state index contributed by atoms with van der Waals surface area (Å²) in [6.45, 7) is 1.85. The molecule has 0 radical (unpaired) electrons. The number of hydrogen-bond donors (Lipinski definition) is 1. The standard InChI is InChI=1S/C6H8O3/c1-4-5(2-7)3-9-6(4)8/h7H,2-3H2,1H3. The first-order valence-corrected chi connectivity index (χ1v) is 2.72. The minimum Gasteiger partial charge on any atom is -0.458 e. The molecule has 3 heteroatoms. The molecule has 0 saturated heterocycles. The Morgan fingerprint density at radius 3 is 2.67 bits per heavy atom. The Bertz CT molecular complexity index is 169. The number of carbonyl (C=O) groups is 1. The molecule has 0 fully saturated rings. The maximum absolute atomic E-state index is 10.6. The molecule has 3 nitrogen and oxygen atoms in total. The summed E-state index contributed by atoms with van der Waals surface area (Å²) in [7, 11) is 0. The van der Waals surface area contributed by atoms with Gasteiger partial charge in [-0.25, -0.2) is 4.79 Å². The average Bonchev–Trinajstić information content (AvgIpc) is 2.15. The van der Waals surface area contributed by atoms with Crippen LogP contribution in [0.15, 0.2) is 11.1 Å². The number of carbonyl (C=O) groups excluding carboxylic acids is 1. The van der Waals surface area contributed by atoms with Gasteiger partial charge < -0.3 is 9.84 Å². The van der Waals surface area contributed by atoms with Gasteiger partial charge in [0.2, 0.25) is 0 Å². The summed E-state index contributed by atoms with van der Waals surface area (Å²) in [4.78, 5) is 10.6. The lowest BCUT2D eigenvalue weighted by Crippen LogP contribution is -1.94. The Labute approximate surface area is 52.9 Å². The lowest BCUT2D eigenvalue weighted by atomic mass is 10.2. The Morgan fingerprint density at radius 1 is 1.78 bits per heavy atom. The van der Waals surface area contributed by atoms with Crippen molar-refractivity contribution in [1.82, 2.24) is 0 Å². The number of hydrogen-bond acceptors (Lipinski definition) is 3. The minimum atomic E-state index is -0.306. The van der Waals surface area contributed by atoms with E-state index in [1.54, 1.807) is 6.92 Å². The van der Waals surface area contributed by atoms with Gasteiger partial charge in [0.05, 0.1) is 6.61 Å². The van der Waals surface area contributed by atoms with E-state index in [-0.39, 0.29) is 19.2 Å². The number of aliphatic hydroxyl groups is 1. The Balaban J connectivity index is 2.79. The topological polar surface area (TPSA) is 46.5 Å². The van der Waals surface area contributed by atoms with Crippen molar-refractivity contribution in [2.45, 2.75) is 6.92 Å². The molecule has 1 heterocycles. The highest BCUT2D eigenvalue weighted by molar-refractivity contribution is 5.91. The number of ether oxygens (including phenoxy) is 1. The molecule has 0 atom stereocenters. The van der Waals surface area contributed by atoms with E-state index in [1.807, 2.05) is 0 Å². The number of cyclic esters (lactones) is 1. The van der Waals surface area contributed by atoms with Crippen LogP contribution in [0.2, 0.25) is 0 Å². The van der Waals surface area contributed by atoms with Gasteiger partial charge in [0, 0.05) is 11.1 Å². The largest absolute Gasteiger partial charge is 0.458 e. The highest BCUT2D eigenvalue weighted by Crippen LogP contribution is 2.13. The molecule has 50 valence electrons. The second kappa shape index (κ2) is 2.19. The predicted octanol–water partition coefficient (Wildman–Crippen LogP) is -0.148. The monoisotopic (exact) mass is 128 g/mol. The molecular formula is C6H8O3. The van der Waals surface area contributed by atoms with Gasteiger partial charge in [-0.2, -0.15) is 0 Å². The van der Waals surface area contributed by atoms with Gasteiger partial charge in [0.25, 0.3) is 0 Å². The van der Waals surface area contributed by atoms with Gasteiger partial charge in [-0.15, -0.1) is 0 Å². The van der Waals surface area contributed by atoms with Crippen molar-refractivity contribution >= 4 is 5.97 Å². The van der Waals surface area contributed by atoms with Gasteiger partial charge in [0.15, 0.2) is 0 Å². The zero-order chi connectivity index (χ0) is 6.85. The summed E-state index contributed by atoms with van der Waals surface area (Å²) in [5.74, 6) is -0.306. The number of rotatable bonds is 1. The van der Waals surface area contributed by atoms with Crippen molar-refractivity contribution in [1.29, 1.82) is 0 Å². The van der Waals surface area contributed by atoms with E-state index in [0.29, 0.717) is 11.1 Å². The second-order valence-corrected chi connectivity index (χ2v) is 1.96. The van der Waals surface area contributed by atoms with Crippen molar-refractivity contribution in [3.05, 3.63) is 11.1 Å². The van der Waals surface area contributed by atoms with Crippen LogP contribution in [0.4, 0.5) is 0 Å².